The lowest BCUT2D eigenvalue weighted by Crippen LogP contribution is -2.06. The molecule has 0 unspecified atom stereocenters. The zero-order valence-corrected chi connectivity index (χ0v) is 13.4. The Morgan fingerprint density at radius 3 is 3.10 bits per heavy atom. The fourth-order valence-corrected chi connectivity index (χ4v) is 2.94. The molecule has 2 heterocycles. The first-order valence-electron chi connectivity index (χ1n) is 6.79. The zero-order valence-electron chi connectivity index (χ0n) is 11.8. The van der Waals surface area contributed by atoms with Gasteiger partial charge in [-0.1, -0.05) is 15.9 Å². The lowest BCUT2D eigenvalue weighted by Gasteiger charge is -2.06. The molecule has 0 aliphatic carbocycles. The number of fused-ring (bicyclic) bond motifs is 1. The monoisotopic (exact) mass is 350 g/mol. The van der Waals surface area contributed by atoms with Gasteiger partial charge in [-0.3, -0.25) is 0 Å². The summed E-state index contributed by atoms with van der Waals surface area (Å²) >= 11 is 3.50. The molecule has 21 heavy (non-hydrogen) atoms. The van der Waals surface area contributed by atoms with Crippen LogP contribution in [0.25, 0.3) is 11.4 Å². The Morgan fingerprint density at radius 2 is 2.33 bits per heavy atom. The van der Waals surface area contributed by atoms with Crippen LogP contribution in [-0.4, -0.2) is 29.2 Å². The van der Waals surface area contributed by atoms with Crippen molar-refractivity contribution in [2.24, 2.45) is 0 Å². The Kier molecular flexibility index (Phi) is 3.71. The van der Waals surface area contributed by atoms with Gasteiger partial charge in [-0.15, -0.1) is 0 Å². The number of halogens is 1. The van der Waals surface area contributed by atoms with E-state index in [-0.39, 0.29) is 0 Å². The molecule has 3 rings (SSSR count). The van der Waals surface area contributed by atoms with E-state index in [1.807, 2.05) is 19.1 Å². The van der Waals surface area contributed by atoms with Gasteiger partial charge in [-0.2, -0.15) is 0 Å². The van der Waals surface area contributed by atoms with Crippen molar-refractivity contribution in [3.63, 3.8) is 0 Å². The lowest BCUT2D eigenvalue weighted by atomic mass is 10.1. The molecule has 0 saturated heterocycles. The number of hydrogen-bond acceptors (Lipinski definition) is 4. The van der Waals surface area contributed by atoms with Crippen LogP contribution >= 0.6 is 15.9 Å². The maximum atomic E-state index is 11.9. The second-order valence-electron chi connectivity index (χ2n) is 4.82. The van der Waals surface area contributed by atoms with E-state index in [1.54, 1.807) is 6.92 Å². The highest BCUT2D eigenvalue weighted by Crippen LogP contribution is 2.38. The summed E-state index contributed by atoms with van der Waals surface area (Å²) in [6, 6.07) is 3.99. The Hall–Kier alpha value is -1.82. The Balaban J connectivity index is 2.06. The Labute approximate surface area is 130 Å². The number of imidazole rings is 1. The number of aromatic nitrogens is 2. The molecular formula is C15H15BrN2O3. The van der Waals surface area contributed by atoms with Gasteiger partial charge in [0.05, 0.1) is 18.8 Å². The van der Waals surface area contributed by atoms with Crippen LogP contribution < -0.4 is 4.74 Å². The molecule has 110 valence electrons. The van der Waals surface area contributed by atoms with Crippen molar-refractivity contribution in [1.29, 1.82) is 0 Å². The van der Waals surface area contributed by atoms with E-state index < -0.39 is 5.97 Å². The van der Waals surface area contributed by atoms with Gasteiger partial charge in [0.25, 0.3) is 0 Å². The second kappa shape index (κ2) is 5.52. The van der Waals surface area contributed by atoms with Gasteiger partial charge < -0.3 is 14.5 Å². The molecule has 1 N–H and O–H groups in total. The summed E-state index contributed by atoms with van der Waals surface area (Å²) in [5.41, 5.74) is 3.01. The fourth-order valence-electron chi connectivity index (χ4n) is 2.43. The topological polar surface area (TPSA) is 64.2 Å². The van der Waals surface area contributed by atoms with Crippen LogP contribution in [0, 0.1) is 6.92 Å². The molecule has 5 nitrogen and oxygen atoms in total. The highest BCUT2D eigenvalue weighted by molar-refractivity contribution is 9.10. The van der Waals surface area contributed by atoms with Crippen molar-refractivity contribution >= 4 is 21.9 Å². The normalized spacial score (nSPS) is 12.9. The van der Waals surface area contributed by atoms with Crippen molar-refractivity contribution in [2.45, 2.75) is 20.3 Å². The minimum Gasteiger partial charge on any atom is -0.492 e. The molecule has 0 bridgehead atoms. The van der Waals surface area contributed by atoms with Gasteiger partial charge in [0, 0.05) is 16.6 Å². The molecule has 1 aromatic heterocycles. The van der Waals surface area contributed by atoms with E-state index in [2.05, 4.69) is 25.9 Å². The number of nitrogens with one attached hydrogen (secondary N) is 1. The van der Waals surface area contributed by atoms with Crippen molar-refractivity contribution in [3.8, 4) is 17.1 Å². The number of carbonyl (C=O) groups excluding carboxylic acids is 1. The van der Waals surface area contributed by atoms with Gasteiger partial charge in [-0.25, -0.2) is 9.78 Å². The number of hydrogen-bond donors (Lipinski definition) is 1. The Morgan fingerprint density at radius 1 is 1.52 bits per heavy atom. The number of H-pyrrole nitrogens is 1. The van der Waals surface area contributed by atoms with Crippen molar-refractivity contribution in [3.05, 3.63) is 33.6 Å². The summed E-state index contributed by atoms with van der Waals surface area (Å²) in [5.74, 6) is 1.04. The average molecular weight is 351 g/mol. The number of aromatic amines is 1. The third-order valence-electron chi connectivity index (χ3n) is 3.36. The molecule has 0 radical (unpaired) electrons. The van der Waals surface area contributed by atoms with Gasteiger partial charge in [-0.05, 0) is 31.5 Å². The Bertz CT molecular complexity index is 709. The standard InChI is InChI=1S/C15H15BrN2O3/c1-3-20-15(19)12-8(2)17-14(18-12)11-7-10(16)6-9-4-5-21-13(9)11/h6-7H,3-5H2,1-2H3,(H,17,18). The third-order valence-corrected chi connectivity index (χ3v) is 3.81. The second-order valence-corrected chi connectivity index (χ2v) is 5.74. The first-order valence-corrected chi connectivity index (χ1v) is 7.58. The maximum absolute atomic E-state index is 11.9. The predicted molar refractivity (Wildman–Crippen MR) is 81.6 cm³/mol. The van der Waals surface area contributed by atoms with Gasteiger partial charge >= 0.3 is 5.97 Å². The summed E-state index contributed by atoms with van der Waals surface area (Å²) in [7, 11) is 0. The number of nitrogens with zero attached hydrogens (tertiary/aromatic N) is 1. The predicted octanol–water partition coefficient (Wildman–Crippen LogP) is 3.26. The molecule has 1 aromatic carbocycles. The fraction of sp³-hybridized carbons (Fsp3) is 0.333. The van der Waals surface area contributed by atoms with Crippen LogP contribution in [0.15, 0.2) is 16.6 Å². The summed E-state index contributed by atoms with van der Waals surface area (Å²) in [5, 5.41) is 0. The van der Waals surface area contributed by atoms with Crippen LogP contribution in [0.4, 0.5) is 0 Å². The molecule has 0 saturated carbocycles. The average Bonchev–Trinajstić information content (AvgIpc) is 3.04. The van der Waals surface area contributed by atoms with Crippen LogP contribution in [0.2, 0.25) is 0 Å². The van der Waals surface area contributed by atoms with Crippen molar-refractivity contribution < 1.29 is 14.3 Å². The molecule has 0 spiro atoms. The van der Waals surface area contributed by atoms with Crippen LogP contribution in [0.5, 0.6) is 5.75 Å². The summed E-state index contributed by atoms with van der Waals surface area (Å²) in [4.78, 5) is 19.4. The van der Waals surface area contributed by atoms with E-state index in [4.69, 9.17) is 9.47 Å². The van der Waals surface area contributed by atoms with Crippen LogP contribution in [-0.2, 0) is 11.2 Å². The molecule has 0 amide bonds. The van der Waals surface area contributed by atoms with Crippen LogP contribution in [0.1, 0.15) is 28.7 Å². The van der Waals surface area contributed by atoms with Crippen LogP contribution in [0.3, 0.4) is 0 Å². The van der Waals surface area contributed by atoms with E-state index >= 15 is 0 Å². The van der Waals surface area contributed by atoms with E-state index in [9.17, 15) is 4.79 Å². The number of esters is 1. The summed E-state index contributed by atoms with van der Waals surface area (Å²) in [6.45, 7) is 4.58. The summed E-state index contributed by atoms with van der Waals surface area (Å²) in [6.07, 6.45) is 0.881. The van der Waals surface area contributed by atoms with Gasteiger partial charge in [0.15, 0.2) is 5.69 Å². The first kappa shape index (κ1) is 14.1. The number of rotatable bonds is 3. The van der Waals surface area contributed by atoms with Gasteiger partial charge in [0.2, 0.25) is 0 Å². The largest absolute Gasteiger partial charge is 0.492 e. The molecule has 6 heteroatoms. The molecular weight excluding hydrogens is 336 g/mol. The lowest BCUT2D eigenvalue weighted by molar-refractivity contribution is 0.0519. The van der Waals surface area contributed by atoms with Crippen molar-refractivity contribution in [1.82, 2.24) is 9.97 Å². The number of aryl methyl sites for hydroxylation is 1. The SMILES string of the molecule is CCOC(=O)c1nc(-c2cc(Br)cc3c2OCC3)[nH]c1C. The maximum Gasteiger partial charge on any atom is 0.358 e. The number of carbonyl (C=O) groups is 1. The third kappa shape index (κ3) is 2.55. The first-order chi connectivity index (χ1) is 10.1. The quantitative estimate of drug-likeness (QED) is 0.863. The minimum atomic E-state index is -0.412. The zero-order chi connectivity index (χ0) is 15.0. The summed E-state index contributed by atoms with van der Waals surface area (Å²) < 4.78 is 11.7. The van der Waals surface area contributed by atoms with Gasteiger partial charge in [0.1, 0.15) is 11.6 Å². The smallest absolute Gasteiger partial charge is 0.358 e. The highest BCUT2D eigenvalue weighted by Gasteiger charge is 2.23. The van der Waals surface area contributed by atoms with Crippen molar-refractivity contribution in [2.75, 3.05) is 13.2 Å². The minimum absolute atomic E-state index is 0.318. The molecule has 0 atom stereocenters. The molecule has 1 aliphatic rings. The molecule has 1 aliphatic heterocycles. The van der Waals surface area contributed by atoms with E-state index in [0.717, 1.165) is 27.8 Å². The number of ether oxygens (including phenoxy) is 2. The molecule has 0 fully saturated rings. The number of benzene rings is 1. The highest BCUT2D eigenvalue weighted by atomic mass is 79.9. The molecule has 2 aromatic rings. The van der Waals surface area contributed by atoms with E-state index in [0.29, 0.717) is 30.4 Å². The van der Waals surface area contributed by atoms with E-state index in [1.165, 1.54) is 0 Å².